The van der Waals surface area contributed by atoms with Gasteiger partial charge < -0.3 is 10.2 Å². The minimum Gasteiger partial charge on any atom is -0.352 e. The van der Waals surface area contributed by atoms with Crippen molar-refractivity contribution in [3.05, 3.63) is 101 Å². The van der Waals surface area contributed by atoms with Gasteiger partial charge in [0.25, 0.3) is 0 Å². The van der Waals surface area contributed by atoms with Crippen LogP contribution >= 0.6 is 0 Å². The third-order valence-electron chi connectivity index (χ3n) is 7.95. The van der Waals surface area contributed by atoms with Crippen molar-refractivity contribution in [1.29, 1.82) is 0 Å². The summed E-state index contributed by atoms with van der Waals surface area (Å²) in [6.45, 7) is 4.28. The first kappa shape index (κ1) is 31.3. The van der Waals surface area contributed by atoms with Gasteiger partial charge in [-0.25, -0.2) is 8.42 Å². The second-order valence-corrected chi connectivity index (χ2v) is 13.3. The van der Waals surface area contributed by atoms with Crippen molar-refractivity contribution in [3.63, 3.8) is 0 Å². The van der Waals surface area contributed by atoms with Gasteiger partial charge in [-0.15, -0.1) is 0 Å². The Hall–Kier alpha value is -3.65. The van der Waals surface area contributed by atoms with Gasteiger partial charge >= 0.3 is 0 Å². The van der Waals surface area contributed by atoms with Crippen LogP contribution in [0.5, 0.6) is 0 Å². The summed E-state index contributed by atoms with van der Waals surface area (Å²) in [7, 11) is -3.56. The molecular formula is C34H43N3O4S. The Labute approximate surface area is 251 Å². The number of rotatable bonds is 13. The Bertz CT molecular complexity index is 1440. The molecule has 42 heavy (non-hydrogen) atoms. The van der Waals surface area contributed by atoms with E-state index in [4.69, 9.17) is 0 Å². The molecule has 0 spiro atoms. The summed E-state index contributed by atoms with van der Waals surface area (Å²) >= 11 is 0. The molecule has 0 radical (unpaired) electrons. The molecule has 8 heteroatoms. The molecule has 7 nitrogen and oxygen atoms in total. The van der Waals surface area contributed by atoms with Crippen molar-refractivity contribution in [3.8, 4) is 0 Å². The Kier molecular flexibility index (Phi) is 10.8. The van der Waals surface area contributed by atoms with Crippen LogP contribution in [0.1, 0.15) is 60.8 Å². The summed E-state index contributed by atoms with van der Waals surface area (Å²) in [5.41, 5.74) is 4.36. The minimum absolute atomic E-state index is 0.117. The minimum atomic E-state index is -3.56. The Balaban J connectivity index is 1.58. The second-order valence-electron chi connectivity index (χ2n) is 11.4. The fourth-order valence-electron chi connectivity index (χ4n) is 5.67. The summed E-state index contributed by atoms with van der Waals surface area (Å²) in [6, 6.07) is 24.7. The number of benzene rings is 3. The van der Waals surface area contributed by atoms with Crippen LogP contribution < -0.4 is 9.62 Å². The molecule has 4 rings (SSSR count). The Morgan fingerprint density at radius 1 is 0.905 bits per heavy atom. The first-order chi connectivity index (χ1) is 20.1. The molecule has 1 fully saturated rings. The van der Waals surface area contributed by atoms with Crippen LogP contribution in [-0.4, -0.2) is 50.0 Å². The first-order valence-corrected chi connectivity index (χ1v) is 16.7. The molecular weight excluding hydrogens is 546 g/mol. The van der Waals surface area contributed by atoms with Gasteiger partial charge in [-0.1, -0.05) is 85.6 Å². The predicted molar refractivity (Wildman–Crippen MR) is 169 cm³/mol. The quantitative estimate of drug-likeness (QED) is 0.283. The molecule has 1 saturated carbocycles. The molecule has 1 unspecified atom stereocenters. The van der Waals surface area contributed by atoms with Crippen molar-refractivity contribution in [1.82, 2.24) is 10.2 Å². The van der Waals surface area contributed by atoms with Gasteiger partial charge in [-0.3, -0.25) is 13.9 Å². The predicted octanol–water partition coefficient (Wildman–Crippen LogP) is 5.55. The monoisotopic (exact) mass is 589 g/mol. The van der Waals surface area contributed by atoms with Crippen molar-refractivity contribution in [2.45, 2.75) is 77.4 Å². The molecule has 1 N–H and O–H groups in total. The van der Waals surface area contributed by atoms with E-state index >= 15 is 0 Å². The summed E-state index contributed by atoms with van der Waals surface area (Å²) < 4.78 is 27.0. The molecule has 0 aromatic heterocycles. The molecule has 0 heterocycles. The van der Waals surface area contributed by atoms with Gasteiger partial charge in [0, 0.05) is 32.0 Å². The highest BCUT2D eigenvalue weighted by Gasteiger charge is 2.32. The molecule has 1 atom stereocenters. The fourth-order valence-corrected chi connectivity index (χ4v) is 6.69. The maximum atomic E-state index is 14.0. The first-order valence-electron chi connectivity index (χ1n) is 14.8. The van der Waals surface area contributed by atoms with Crippen LogP contribution in [-0.2, 0) is 32.6 Å². The summed E-state index contributed by atoms with van der Waals surface area (Å²) in [6.07, 6.45) is 6.14. The van der Waals surface area contributed by atoms with Crippen LogP contribution in [0, 0.1) is 13.8 Å². The highest BCUT2D eigenvalue weighted by Crippen LogP contribution is 2.25. The van der Waals surface area contributed by atoms with Gasteiger partial charge in [-0.2, -0.15) is 0 Å². The normalized spacial score (nSPS) is 14.4. The molecule has 3 aromatic rings. The number of carbonyl (C=O) groups is 2. The van der Waals surface area contributed by atoms with Crippen LogP contribution in [0.15, 0.2) is 78.9 Å². The number of anilines is 1. The zero-order valence-corrected chi connectivity index (χ0v) is 25.8. The molecule has 0 aliphatic heterocycles. The average Bonchev–Trinajstić information content (AvgIpc) is 3.48. The maximum absolute atomic E-state index is 14.0. The standard InChI is InChI=1S/C34H43N3O4S/c1-26-20-21-27(2)31(23-26)37(42(3,40)41)22-12-19-33(38)36(25-29-15-8-5-9-16-29)32(24-28-13-6-4-7-14-28)34(39)35-30-17-10-11-18-30/h4-9,13-16,20-21,23,30,32H,10-12,17-19,22,24-25H2,1-3H3,(H,35,39). The van der Waals surface area contributed by atoms with Gasteiger partial charge in [0.1, 0.15) is 6.04 Å². The SMILES string of the molecule is Cc1ccc(C)c(N(CCCC(=O)N(Cc2ccccc2)C(Cc2ccccc2)C(=O)NC2CCCC2)S(C)(=O)=O)c1. The van der Waals surface area contributed by atoms with E-state index in [-0.39, 0.29) is 30.8 Å². The highest BCUT2D eigenvalue weighted by atomic mass is 32.2. The van der Waals surface area contributed by atoms with E-state index in [1.54, 1.807) is 4.90 Å². The van der Waals surface area contributed by atoms with Crippen molar-refractivity contribution >= 4 is 27.5 Å². The van der Waals surface area contributed by atoms with Crippen molar-refractivity contribution in [2.75, 3.05) is 17.1 Å². The Morgan fingerprint density at radius 3 is 2.14 bits per heavy atom. The lowest BCUT2D eigenvalue weighted by molar-refractivity contribution is -0.141. The van der Waals surface area contributed by atoms with Gasteiger partial charge in [0.05, 0.1) is 11.9 Å². The van der Waals surface area contributed by atoms with Crippen molar-refractivity contribution in [2.24, 2.45) is 0 Å². The molecule has 0 bridgehead atoms. The molecule has 2 amide bonds. The van der Waals surface area contributed by atoms with E-state index in [9.17, 15) is 18.0 Å². The third-order valence-corrected chi connectivity index (χ3v) is 9.13. The van der Waals surface area contributed by atoms with Crippen LogP contribution in [0.2, 0.25) is 0 Å². The van der Waals surface area contributed by atoms with Crippen molar-refractivity contribution < 1.29 is 18.0 Å². The lowest BCUT2D eigenvalue weighted by atomic mass is 10.0. The summed E-state index contributed by atoms with van der Waals surface area (Å²) in [5, 5.41) is 3.23. The number of sulfonamides is 1. The summed E-state index contributed by atoms with van der Waals surface area (Å²) in [4.78, 5) is 29.5. The molecule has 3 aromatic carbocycles. The van der Waals surface area contributed by atoms with Crippen LogP contribution in [0.3, 0.4) is 0 Å². The highest BCUT2D eigenvalue weighted by molar-refractivity contribution is 7.92. The van der Waals surface area contributed by atoms with E-state index < -0.39 is 16.1 Å². The van der Waals surface area contributed by atoms with Gasteiger partial charge in [-0.05, 0) is 61.4 Å². The van der Waals surface area contributed by atoms with Gasteiger partial charge in [0.15, 0.2) is 0 Å². The number of amides is 2. The molecule has 1 aliphatic rings. The van der Waals surface area contributed by atoms with E-state index in [1.165, 1.54) is 10.6 Å². The molecule has 0 saturated heterocycles. The Morgan fingerprint density at radius 2 is 1.52 bits per heavy atom. The molecule has 1 aliphatic carbocycles. The third kappa shape index (κ3) is 8.68. The number of nitrogens with one attached hydrogen (secondary N) is 1. The van der Waals surface area contributed by atoms with E-state index in [0.717, 1.165) is 47.9 Å². The topological polar surface area (TPSA) is 86.8 Å². The van der Waals surface area contributed by atoms with E-state index in [0.29, 0.717) is 25.1 Å². The number of nitrogens with zero attached hydrogens (tertiary/aromatic N) is 2. The van der Waals surface area contributed by atoms with Crippen LogP contribution in [0.4, 0.5) is 5.69 Å². The lowest BCUT2D eigenvalue weighted by Gasteiger charge is -2.33. The fraction of sp³-hybridized carbons (Fsp3) is 0.412. The molecule has 224 valence electrons. The lowest BCUT2D eigenvalue weighted by Crippen LogP contribution is -2.52. The smallest absolute Gasteiger partial charge is 0.243 e. The van der Waals surface area contributed by atoms with E-state index in [2.05, 4.69) is 5.32 Å². The van der Waals surface area contributed by atoms with Crippen LogP contribution in [0.25, 0.3) is 0 Å². The number of carbonyl (C=O) groups excluding carboxylic acids is 2. The van der Waals surface area contributed by atoms with E-state index in [1.807, 2.05) is 92.7 Å². The maximum Gasteiger partial charge on any atom is 0.243 e. The number of hydrogen-bond acceptors (Lipinski definition) is 4. The summed E-state index contributed by atoms with van der Waals surface area (Å²) in [5.74, 6) is -0.307. The second kappa shape index (κ2) is 14.5. The zero-order valence-electron chi connectivity index (χ0n) is 25.0. The largest absolute Gasteiger partial charge is 0.352 e. The average molecular weight is 590 g/mol. The zero-order chi connectivity index (χ0) is 30.1. The van der Waals surface area contributed by atoms with Gasteiger partial charge in [0.2, 0.25) is 21.8 Å². The number of aryl methyl sites for hydroxylation is 2. The number of hydrogen-bond donors (Lipinski definition) is 1.